The van der Waals surface area contributed by atoms with E-state index in [-0.39, 0.29) is 11.3 Å². The summed E-state index contributed by atoms with van der Waals surface area (Å²) in [4.78, 5) is 10.7. The summed E-state index contributed by atoms with van der Waals surface area (Å²) < 4.78 is 0. The molecule has 0 saturated carbocycles. The van der Waals surface area contributed by atoms with Gasteiger partial charge in [-0.1, -0.05) is 26.7 Å². The van der Waals surface area contributed by atoms with E-state index in [0.29, 0.717) is 6.42 Å². The topological polar surface area (TPSA) is 37.3 Å². The third-order valence-corrected chi connectivity index (χ3v) is 2.63. The van der Waals surface area contributed by atoms with E-state index in [0.717, 1.165) is 19.3 Å². The van der Waals surface area contributed by atoms with Gasteiger partial charge in [-0.2, -0.15) is 0 Å². The van der Waals surface area contributed by atoms with Crippen LogP contribution in [0.3, 0.4) is 0 Å². The molecule has 2 unspecified atom stereocenters. The first-order valence-corrected chi connectivity index (χ1v) is 4.94. The number of hydrogen-bond acceptors (Lipinski definition) is 1. The summed E-state index contributed by atoms with van der Waals surface area (Å²) in [7, 11) is 0. The molecule has 0 rings (SSSR count). The highest BCUT2D eigenvalue weighted by Gasteiger charge is 2.23. The number of carboxylic acids is 1. The Morgan fingerprint density at radius 1 is 1.50 bits per heavy atom. The van der Waals surface area contributed by atoms with Gasteiger partial charge in [0.25, 0.3) is 0 Å². The van der Waals surface area contributed by atoms with Crippen molar-refractivity contribution in [3.05, 3.63) is 0 Å². The third kappa shape index (κ3) is 3.96. The number of hydrogen-bond donors (Lipinski definition) is 1. The van der Waals surface area contributed by atoms with Crippen LogP contribution < -0.4 is 0 Å². The highest BCUT2D eigenvalue weighted by molar-refractivity contribution is 6.21. The van der Waals surface area contributed by atoms with Gasteiger partial charge in [-0.3, -0.25) is 4.79 Å². The molecule has 0 aromatic carbocycles. The number of unbranched alkanes of at least 4 members (excludes halogenated alkanes) is 1. The molecule has 0 spiro atoms. The van der Waals surface area contributed by atoms with Gasteiger partial charge in [-0.05, 0) is 12.8 Å². The minimum absolute atomic E-state index is 0.214. The molecule has 0 aromatic heterocycles. The maximum Gasteiger partial charge on any atom is 0.307 e. The molecular weight excluding hydrogens is 176 g/mol. The predicted molar refractivity (Wildman–Crippen MR) is 50.6 cm³/mol. The van der Waals surface area contributed by atoms with Gasteiger partial charge in [-0.25, -0.2) is 0 Å². The quantitative estimate of drug-likeness (QED) is 0.658. The summed E-state index contributed by atoms with van der Waals surface area (Å²) in [6.07, 6.45) is 3.40. The molecule has 0 amide bonds. The van der Waals surface area contributed by atoms with Crippen molar-refractivity contribution in [1.82, 2.24) is 0 Å². The van der Waals surface area contributed by atoms with Crippen LogP contribution in [0.25, 0.3) is 0 Å². The molecule has 0 aliphatic heterocycles. The maximum absolute atomic E-state index is 10.7. The standard InChI is InChI=1S/C9H17ClO2/c1-3-5-6-7(9(11)12)8(10)4-2/h7-8H,3-6H2,1-2H3,(H,11,12). The summed E-state index contributed by atoms with van der Waals surface area (Å²) >= 11 is 5.88. The second-order valence-electron chi connectivity index (χ2n) is 3.01. The fourth-order valence-electron chi connectivity index (χ4n) is 1.17. The van der Waals surface area contributed by atoms with Crippen molar-refractivity contribution >= 4 is 17.6 Å². The van der Waals surface area contributed by atoms with Crippen molar-refractivity contribution in [1.29, 1.82) is 0 Å². The van der Waals surface area contributed by atoms with Crippen LogP contribution in [0.5, 0.6) is 0 Å². The Morgan fingerprint density at radius 2 is 2.08 bits per heavy atom. The highest BCUT2D eigenvalue weighted by atomic mass is 35.5. The van der Waals surface area contributed by atoms with Crippen LogP contribution in [0.1, 0.15) is 39.5 Å². The van der Waals surface area contributed by atoms with Gasteiger partial charge in [0.15, 0.2) is 0 Å². The van der Waals surface area contributed by atoms with Gasteiger partial charge in [0, 0.05) is 5.38 Å². The molecule has 0 aliphatic carbocycles. The maximum atomic E-state index is 10.7. The van der Waals surface area contributed by atoms with Crippen molar-refractivity contribution in [2.75, 3.05) is 0 Å². The summed E-state index contributed by atoms with van der Waals surface area (Å²) in [5, 5.41) is 8.60. The zero-order chi connectivity index (χ0) is 9.56. The first-order valence-electron chi connectivity index (χ1n) is 4.50. The molecule has 3 heteroatoms. The molecular formula is C9H17ClO2. The number of halogens is 1. The molecule has 0 aromatic rings. The van der Waals surface area contributed by atoms with Crippen molar-refractivity contribution < 1.29 is 9.90 Å². The van der Waals surface area contributed by atoms with Crippen LogP contribution in [0, 0.1) is 5.92 Å². The molecule has 0 fully saturated rings. The Labute approximate surface area is 78.9 Å². The Balaban J connectivity index is 3.94. The van der Waals surface area contributed by atoms with E-state index in [4.69, 9.17) is 16.7 Å². The third-order valence-electron chi connectivity index (χ3n) is 2.01. The minimum atomic E-state index is -0.759. The molecule has 0 heterocycles. The molecule has 0 saturated heterocycles. The normalized spacial score (nSPS) is 15.6. The van der Waals surface area contributed by atoms with E-state index < -0.39 is 5.97 Å². The Bertz CT molecular complexity index is 136. The van der Waals surface area contributed by atoms with E-state index in [1.165, 1.54) is 0 Å². The lowest BCUT2D eigenvalue weighted by atomic mass is 9.97. The van der Waals surface area contributed by atoms with E-state index in [1.54, 1.807) is 0 Å². The number of alkyl halides is 1. The first-order chi connectivity index (χ1) is 5.63. The highest BCUT2D eigenvalue weighted by Crippen LogP contribution is 2.20. The lowest BCUT2D eigenvalue weighted by Gasteiger charge is -2.15. The van der Waals surface area contributed by atoms with Crippen LogP contribution in [0.2, 0.25) is 0 Å². The summed E-state index contributed by atoms with van der Waals surface area (Å²) in [5.41, 5.74) is 0. The van der Waals surface area contributed by atoms with Gasteiger partial charge in [0.1, 0.15) is 0 Å². The molecule has 0 bridgehead atoms. The summed E-state index contributed by atoms with van der Waals surface area (Å²) in [5.74, 6) is -1.12. The fourth-order valence-corrected chi connectivity index (χ4v) is 1.40. The van der Waals surface area contributed by atoms with E-state index >= 15 is 0 Å². The molecule has 1 N–H and O–H groups in total. The fraction of sp³-hybridized carbons (Fsp3) is 0.889. The van der Waals surface area contributed by atoms with Crippen molar-refractivity contribution in [3.8, 4) is 0 Å². The van der Waals surface area contributed by atoms with E-state index in [9.17, 15) is 4.79 Å². The molecule has 2 nitrogen and oxygen atoms in total. The summed E-state index contributed by atoms with van der Waals surface area (Å²) in [6, 6.07) is 0. The van der Waals surface area contributed by atoms with Gasteiger partial charge < -0.3 is 5.11 Å². The molecule has 12 heavy (non-hydrogen) atoms. The number of carbonyl (C=O) groups is 1. The average molecular weight is 193 g/mol. The Kier molecular flexibility index (Phi) is 6.17. The number of aliphatic carboxylic acids is 1. The first kappa shape index (κ1) is 11.8. The zero-order valence-corrected chi connectivity index (χ0v) is 8.47. The van der Waals surface area contributed by atoms with Crippen LogP contribution in [-0.2, 0) is 4.79 Å². The van der Waals surface area contributed by atoms with Crippen molar-refractivity contribution in [2.45, 2.75) is 44.9 Å². The molecule has 72 valence electrons. The number of carboxylic acid groups (broad SMARTS) is 1. The van der Waals surface area contributed by atoms with Crippen LogP contribution in [0.15, 0.2) is 0 Å². The average Bonchev–Trinajstić information content (AvgIpc) is 2.04. The smallest absolute Gasteiger partial charge is 0.307 e. The van der Waals surface area contributed by atoms with Crippen molar-refractivity contribution in [2.24, 2.45) is 5.92 Å². The second-order valence-corrected chi connectivity index (χ2v) is 3.57. The Morgan fingerprint density at radius 3 is 2.42 bits per heavy atom. The zero-order valence-electron chi connectivity index (χ0n) is 7.72. The van der Waals surface area contributed by atoms with Crippen molar-refractivity contribution in [3.63, 3.8) is 0 Å². The summed E-state index contributed by atoms with van der Waals surface area (Å²) in [6.45, 7) is 3.97. The van der Waals surface area contributed by atoms with Gasteiger partial charge in [-0.15, -0.1) is 11.6 Å². The lowest BCUT2D eigenvalue weighted by molar-refractivity contribution is -0.142. The SMILES string of the molecule is CCCCC(C(=O)O)C(Cl)CC. The van der Waals surface area contributed by atoms with E-state index in [1.807, 2.05) is 13.8 Å². The van der Waals surface area contributed by atoms with Crippen LogP contribution in [0.4, 0.5) is 0 Å². The molecule has 0 aliphatic rings. The minimum Gasteiger partial charge on any atom is -0.481 e. The Hall–Kier alpha value is -0.240. The van der Waals surface area contributed by atoms with Crippen LogP contribution in [-0.4, -0.2) is 16.5 Å². The van der Waals surface area contributed by atoms with Gasteiger partial charge in [0.2, 0.25) is 0 Å². The van der Waals surface area contributed by atoms with Gasteiger partial charge in [0.05, 0.1) is 5.92 Å². The predicted octanol–water partition coefficient (Wildman–Crippen LogP) is 2.89. The molecule has 2 atom stereocenters. The second kappa shape index (κ2) is 6.30. The molecule has 0 radical (unpaired) electrons. The van der Waals surface area contributed by atoms with E-state index in [2.05, 4.69) is 0 Å². The van der Waals surface area contributed by atoms with Gasteiger partial charge >= 0.3 is 5.97 Å². The monoisotopic (exact) mass is 192 g/mol. The number of rotatable bonds is 6. The largest absolute Gasteiger partial charge is 0.481 e. The lowest BCUT2D eigenvalue weighted by Crippen LogP contribution is -2.23. The van der Waals surface area contributed by atoms with Crippen LogP contribution >= 0.6 is 11.6 Å².